The second-order valence-corrected chi connectivity index (χ2v) is 6.33. The van der Waals surface area contributed by atoms with E-state index in [-0.39, 0.29) is 5.02 Å². The molecule has 2 amide bonds. The van der Waals surface area contributed by atoms with E-state index in [1.807, 2.05) is 0 Å². The molecule has 3 aromatic rings. The standard InChI is InChI=1S/C18H14Cl2FN5O/c1-10-22-16(20)9-17(23-10)24-11-2-4-12(5-3-11)25-18(27)26-13-6-7-15(21)14(19)8-13/h2-9H,1H3,(H,22,23,24)(H2,25,26,27). The molecule has 0 atom stereocenters. The van der Waals surface area contributed by atoms with Gasteiger partial charge in [-0.1, -0.05) is 23.2 Å². The number of carbonyl (C=O) groups excluding carboxylic acids is 1. The number of hydrogen-bond acceptors (Lipinski definition) is 4. The molecule has 0 aliphatic carbocycles. The summed E-state index contributed by atoms with van der Waals surface area (Å²) < 4.78 is 13.1. The normalized spacial score (nSPS) is 10.4. The molecule has 1 aromatic heterocycles. The maximum Gasteiger partial charge on any atom is 0.323 e. The van der Waals surface area contributed by atoms with Gasteiger partial charge in [0.1, 0.15) is 22.6 Å². The molecule has 0 saturated heterocycles. The van der Waals surface area contributed by atoms with Crippen LogP contribution < -0.4 is 16.0 Å². The minimum atomic E-state index is -0.550. The first-order valence-electron chi connectivity index (χ1n) is 7.80. The number of amides is 2. The van der Waals surface area contributed by atoms with E-state index in [9.17, 15) is 9.18 Å². The van der Waals surface area contributed by atoms with Gasteiger partial charge in [0, 0.05) is 23.1 Å². The summed E-state index contributed by atoms with van der Waals surface area (Å²) in [5.41, 5.74) is 1.72. The monoisotopic (exact) mass is 405 g/mol. The molecule has 0 aliphatic rings. The van der Waals surface area contributed by atoms with Crippen LogP contribution in [0.1, 0.15) is 5.82 Å². The van der Waals surface area contributed by atoms with Crippen LogP contribution in [-0.4, -0.2) is 16.0 Å². The number of halogens is 3. The molecule has 0 saturated carbocycles. The Morgan fingerprint density at radius 1 is 0.926 bits per heavy atom. The fourth-order valence-corrected chi connectivity index (χ4v) is 2.65. The zero-order valence-electron chi connectivity index (χ0n) is 14.1. The van der Waals surface area contributed by atoms with Crippen LogP contribution in [0.2, 0.25) is 10.2 Å². The Bertz CT molecular complexity index is 962. The average Bonchev–Trinajstić information content (AvgIpc) is 2.59. The summed E-state index contributed by atoms with van der Waals surface area (Å²) in [6.07, 6.45) is 0. The van der Waals surface area contributed by atoms with Crippen LogP contribution in [0.5, 0.6) is 0 Å². The molecule has 3 N–H and O–H groups in total. The van der Waals surface area contributed by atoms with Crippen LogP contribution in [0.25, 0.3) is 0 Å². The SMILES string of the molecule is Cc1nc(Cl)cc(Nc2ccc(NC(=O)Nc3ccc(F)c(Cl)c3)cc2)n1. The van der Waals surface area contributed by atoms with Gasteiger partial charge in [-0.2, -0.15) is 0 Å². The molecule has 0 radical (unpaired) electrons. The van der Waals surface area contributed by atoms with Crippen molar-refractivity contribution in [2.75, 3.05) is 16.0 Å². The Kier molecular flexibility index (Phi) is 5.73. The first kappa shape index (κ1) is 18.9. The quantitative estimate of drug-likeness (QED) is 0.492. The molecule has 0 fully saturated rings. The van der Waals surface area contributed by atoms with Crippen molar-refractivity contribution < 1.29 is 9.18 Å². The van der Waals surface area contributed by atoms with Gasteiger partial charge in [0.05, 0.1) is 5.02 Å². The number of aryl methyl sites for hydroxylation is 1. The molecular formula is C18H14Cl2FN5O. The summed E-state index contributed by atoms with van der Waals surface area (Å²) in [6, 6.07) is 12.1. The van der Waals surface area contributed by atoms with Crippen molar-refractivity contribution in [1.82, 2.24) is 9.97 Å². The number of nitrogens with one attached hydrogen (secondary N) is 3. The van der Waals surface area contributed by atoms with Crippen molar-refractivity contribution in [1.29, 1.82) is 0 Å². The summed E-state index contributed by atoms with van der Waals surface area (Å²) in [5, 5.41) is 8.63. The van der Waals surface area contributed by atoms with Gasteiger partial charge in [0.2, 0.25) is 0 Å². The molecule has 0 bridgehead atoms. The molecule has 2 aromatic carbocycles. The fraction of sp³-hybridized carbons (Fsp3) is 0.0556. The van der Waals surface area contributed by atoms with Crippen LogP contribution in [-0.2, 0) is 0 Å². The lowest BCUT2D eigenvalue weighted by Gasteiger charge is -2.10. The summed E-state index contributed by atoms with van der Waals surface area (Å²) in [7, 11) is 0. The predicted octanol–water partition coefficient (Wildman–Crippen LogP) is 5.62. The molecule has 138 valence electrons. The highest BCUT2D eigenvalue weighted by Gasteiger charge is 2.06. The summed E-state index contributed by atoms with van der Waals surface area (Å²) in [4.78, 5) is 20.3. The van der Waals surface area contributed by atoms with Crippen LogP contribution >= 0.6 is 23.2 Å². The van der Waals surface area contributed by atoms with Crippen molar-refractivity contribution in [3.8, 4) is 0 Å². The molecule has 3 rings (SSSR count). The van der Waals surface area contributed by atoms with E-state index in [0.29, 0.717) is 28.2 Å². The van der Waals surface area contributed by atoms with Crippen LogP contribution in [0.4, 0.5) is 32.1 Å². The van der Waals surface area contributed by atoms with Gasteiger partial charge in [-0.15, -0.1) is 0 Å². The summed E-state index contributed by atoms with van der Waals surface area (Å²) >= 11 is 11.6. The number of rotatable bonds is 4. The van der Waals surface area contributed by atoms with Crippen molar-refractivity contribution in [2.45, 2.75) is 6.92 Å². The van der Waals surface area contributed by atoms with Gasteiger partial charge < -0.3 is 16.0 Å². The average molecular weight is 406 g/mol. The number of carbonyl (C=O) groups is 1. The molecule has 0 spiro atoms. The second-order valence-electron chi connectivity index (χ2n) is 5.53. The largest absolute Gasteiger partial charge is 0.340 e. The van der Waals surface area contributed by atoms with Crippen molar-refractivity contribution in [3.63, 3.8) is 0 Å². The highest BCUT2D eigenvalue weighted by molar-refractivity contribution is 6.31. The van der Waals surface area contributed by atoms with Crippen molar-refractivity contribution in [3.05, 3.63) is 70.3 Å². The lowest BCUT2D eigenvalue weighted by atomic mass is 10.2. The third kappa shape index (κ3) is 5.29. The van der Waals surface area contributed by atoms with E-state index in [1.165, 1.54) is 18.2 Å². The first-order valence-corrected chi connectivity index (χ1v) is 8.56. The van der Waals surface area contributed by atoms with Gasteiger partial charge in [0.25, 0.3) is 0 Å². The number of aromatic nitrogens is 2. The summed E-state index contributed by atoms with van der Waals surface area (Å²) in [5.74, 6) is 0.575. The van der Waals surface area contributed by atoms with E-state index in [4.69, 9.17) is 23.2 Å². The number of nitrogens with zero attached hydrogens (tertiary/aromatic N) is 2. The fourth-order valence-electron chi connectivity index (χ4n) is 2.25. The predicted molar refractivity (Wildman–Crippen MR) is 106 cm³/mol. The smallest absolute Gasteiger partial charge is 0.323 e. The van der Waals surface area contributed by atoms with Crippen molar-refractivity contribution in [2.24, 2.45) is 0 Å². The van der Waals surface area contributed by atoms with Gasteiger partial charge in [-0.3, -0.25) is 0 Å². The highest BCUT2D eigenvalue weighted by Crippen LogP contribution is 2.21. The van der Waals surface area contributed by atoms with Gasteiger partial charge in [-0.25, -0.2) is 19.2 Å². The lowest BCUT2D eigenvalue weighted by molar-refractivity contribution is 0.262. The van der Waals surface area contributed by atoms with Gasteiger partial charge in [-0.05, 0) is 49.4 Å². The Balaban J connectivity index is 1.61. The summed E-state index contributed by atoms with van der Waals surface area (Å²) in [6.45, 7) is 1.75. The highest BCUT2D eigenvalue weighted by atomic mass is 35.5. The molecule has 0 unspecified atom stereocenters. The maximum atomic E-state index is 13.1. The second kappa shape index (κ2) is 8.20. The molecule has 1 heterocycles. The third-order valence-corrected chi connectivity index (χ3v) is 3.88. The Morgan fingerprint density at radius 3 is 2.22 bits per heavy atom. The van der Waals surface area contributed by atoms with Crippen molar-refractivity contribution >= 4 is 52.1 Å². The van der Waals surface area contributed by atoms with Gasteiger partial charge >= 0.3 is 6.03 Å². The topological polar surface area (TPSA) is 78.9 Å². The number of anilines is 4. The minimum absolute atomic E-state index is 0.0664. The number of hydrogen-bond donors (Lipinski definition) is 3. The third-order valence-electron chi connectivity index (χ3n) is 3.40. The van der Waals surface area contributed by atoms with Crippen LogP contribution in [0, 0.1) is 12.7 Å². The van der Waals surface area contributed by atoms with Crippen LogP contribution in [0.3, 0.4) is 0 Å². The van der Waals surface area contributed by atoms with Crippen LogP contribution in [0.15, 0.2) is 48.5 Å². The number of benzene rings is 2. The zero-order valence-corrected chi connectivity index (χ0v) is 15.6. The van der Waals surface area contributed by atoms with Gasteiger partial charge in [0.15, 0.2) is 0 Å². The molecule has 27 heavy (non-hydrogen) atoms. The number of urea groups is 1. The van der Waals surface area contributed by atoms with E-state index in [0.717, 1.165) is 5.69 Å². The molecule has 9 heteroatoms. The zero-order chi connectivity index (χ0) is 19.4. The minimum Gasteiger partial charge on any atom is -0.340 e. The molecular weight excluding hydrogens is 392 g/mol. The lowest BCUT2D eigenvalue weighted by Crippen LogP contribution is -2.19. The van der Waals surface area contributed by atoms with E-state index < -0.39 is 11.8 Å². The van der Waals surface area contributed by atoms with E-state index in [2.05, 4.69) is 25.9 Å². The Labute approximate surface area is 164 Å². The Morgan fingerprint density at radius 2 is 1.56 bits per heavy atom. The molecule has 0 aliphatic heterocycles. The first-order chi connectivity index (χ1) is 12.9. The Hall–Kier alpha value is -2.90. The van der Waals surface area contributed by atoms with E-state index in [1.54, 1.807) is 37.3 Å². The van der Waals surface area contributed by atoms with E-state index >= 15 is 0 Å². The maximum absolute atomic E-state index is 13.1. The molecule has 6 nitrogen and oxygen atoms in total.